The third-order valence-corrected chi connectivity index (χ3v) is 4.13. The van der Waals surface area contributed by atoms with Crippen LogP contribution in [0.15, 0.2) is 55.0 Å². The van der Waals surface area contributed by atoms with E-state index in [0.717, 1.165) is 30.8 Å². The molecule has 0 bridgehead atoms. The van der Waals surface area contributed by atoms with Gasteiger partial charge >= 0.3 is 0 Å². The number of hydrogen-bond donors (Lipinski definition) is 1. The minimum Gasteiger partial charge on any atom is -0.349 e. The second-order valence-electron chi connectivity index (χ2n) is 5.73. The maximum atomic E-state index is 4.64. The molecule has 6 nitrogen and oxygen atoms in total. The Morgan fingerprint density at radius 1 is 1.08 bits per heavy atom. The van der Waals surface area contributed by atoms with Crippen LogP contribution in [0.25, 0.3) is 0 Å². The topological polar surface area (TPSA) is 66.8 Å². The number of rotatable bonds is 4. The molecule has 0 radical (unpaired) electrons. The minimum absolute atomic E-state index is 0.535. The minimum atomic E-state index is 0.535. The molecule has 0 saturated heterocycles. The van der Waals surface area contributed by atoms with Crippen LogP contribution in [-0.4, -0.2) is 26.7 Å². The molecule has 1 aromatic carbocycles. The molecule has 0 spiro atoms. The summed E-state index contributed by atoms with van der Waals surface area (Å²) in [5, 5.41) is 11.4. The molecule has 3 heterocycles. The molecule has 2 aromatic heterocycles. The van der Waals surface area contributed by atoms with Crippen molar-refractivity contribution in [3.05, 3.63) is 66.1 Å². The number of nitrogens with zero attached hydrogens (tertiary/aromatic N) is 5. The summed E-state index contributed by atoms with van der Waals surface area (Å²) in [6, 6.07) is 12.4. The number of aromatic nitrogens is 4. The predicted octanol–water partition coefficient (Wildman–Crippen LogP) is 2.96. The third kappa shape index (κ3) is 3.03. The lowest BCUT2D eigenvalue weighted by Crippen LogP contribution is -2.25. The maximum absolute atomic E-state index is 4.64. The summed E-state index contributed by atoms with van der Waals surface area (Å²) in [5.74, 6) is 1.36. The molecular formula is C18H18N6. The van der Waals surface area contributed by atoms with Crippen LogP contribution >= 0.6 is 0 Å². The van der Waals surface area contributed by atoms with Crippen LogP contribution in [0.2, 0.25) is 0 Å². The largest absolute Gasteiger partial charge is 0.349 e. The van der Waals surface area contributed by atoms with Gasteiger partial charge in [-0.15, -0.1) is 5.10 Å². The van der Waals surface area contributed by atoms with Crippen molar-refractivity contribution in [2.24, 2.45) is 0 Å². The molecule has 0 fully saturated rings. The zero-order chi connectivity index (χ0) is 16.2. The van der Waals surface area contributed by atoms with Gasteiger partial charge in [0.2, 0.25) is 5.95 Å². The van der Waals surface area contributed by atoms with E-state index in [1.54, 1.807) is 18.6 Å². The number of pyridine rings is 1. The second kappa shape index (κ2) is 6.62. The predicted molar refractivity (Wildman–Crippen MR) is 93.2 cm³/mol. The average molecular weight is 318 g/mol. The Bertz CT molecular complexity index is 821. The summed E-state index contributed by atoms with van der Waals surface area (Å²) < 4.78 is 0. The van der Waals surface area contributed by atoms with E-state index in [-0.39, 0.29) is 0 Å². The lowest BCUT2D eigenvalue weighted by molar-refractivity contribution is 0.754. The number of fused-ring (bicyclic) bond motifs is 1. The number of nitrogens with one attached hydrogen (secondary N) is 1. The van der Waals surface area contributed by atoms with Crippen LogP contribution in [-0.2, 0) is 13.0 Å². The fourth-order valence-electron chi connectivity index (χ4n) is 2.95. The molecular weight excluding hydrogens is 300 g/mol. The molecule has 4 rings (SSSR count). The molecule has 0 saturated carbocycles. The standard InChI is InChI=1S/C18H18N6/c1-2-6-16-15(4-1)5-3-11-24(16)17-13-21-23-18(22-17)20-12-14-7-9-19-10-8-14/h1-2,4,6-10,13H,3,5,11-12H2,(H,20,22,23). The Morgan fingerprint density at radius 2 is 1.96 bits per heavy atom. The summed E-state index contributed by atoms with van der Waals surface area (Å²) in [5.41, 5.74) is 3.69. The normalized spacial score (nSPS) is 13.4. The van der Waals surface area contributed by atoms with E-state index in [9.17, 15) is 0 Å². The third-order valence-electron chi connectivity index (χ3n) is 4.13. The number of aryl methyl sites for hydroxylation is 1. The SMILES string of the molecule is c1ccc2c(c1)CCCN2c1cnnc(NCc2ccncc2)n1. The lowest BCUT2D eigenvalue weighted by Gasteiger charge is -2.30. The Hall–Kier alpha value is -3.02. The monoisotopic (exact) mass is 318 g/mol. The molecule has 0 atom stereocenters. The molecule has 1 N–H and O–H groups in total. The van der Waals surface area contributed by atoms with Crippen LogP contribution in [0.3, 0.4) is 0 Å². The molecule has 3 aromatic rings. The molecule has 0 aliphatic carbocycles. The molecule has 0 unspecified atom stereocenters. The van der Waals surface area contributed by atoms with Crippen LogP contribution in [0.1, 0.15) is 17.5 Å². The first kappa shape index (κ1) is 14.6. The van der Waals surface area contributed by atoms with Gasteiger partial charge in [0, 0.05) is 31.2 Å². The van der Waals surface area contributed by atoms with Gasteiger partial charge in [0.25, 0.3) is 0 Å². The highest BCUT2D eigenvalue weighted by molar-refractivity contribution is 5.65. The van der Waals surface area contributed by atoms with Gasteiger partial charge in [-0.25, -0.2) is 0 Å². The molecule has 0 amide bonds. The first-order chi connectivity index (χ1) is 11.9. The van der Waals surface area contributed by atoms with E-state index in [1.165, 1.54) is 11.3 Å². The zero-order valence-electron chi connectivity index (χ0n) is 13.3. The van der Waals surface area contributed by atoms with Crippen molar-refractivity contribution >= 4 is 17.5 Å². The van der Waals surface area contributed by atoms with Gasteiger partial charge in [0.1, 0.15) is 0 Å². The molecule has 24 heavy (non-hydrogen) atoms. The Morgan fingerprint density at radius 3 is 2.88 bits per heavy atom. The highest BCUT2D eigenvalue weighted by Gasteiger charge is 2.19. The van der Waals surface area contributed by atoms with Gasteiger partial charge in [-0.1, -0.05) is 18.2 Å². The number of benzene rings is 1. The first-order valence-electron chi connectivity index (χ1n) is 8.08. The van der Waals surface area contributed by atoms with Crippen molar-refractivity contribution in [3.8, 4) is 0 Å². The summed E-state index contributed by atoms with van der Waals surface area (Å²) >= 11 is 0. The Balaban J connectivity index is 1.55. The van der Waals surface area contributed by atoms with E-state index < -0.39 is 0 Å². The van der Waals surface area contributed by atoms with E-state index in [1.807, 2.05) is 12.1 Å². The van der Waals surface area contributed by atoms with Crippen molar-refractivity contribution in [1.82, 2.24) is 20.2 Å². The summed E-state index contributed by atoms with van der Waals surface area (Å²) in [6.07, 6.45) is 7.49. The summed E-state index contributed by atoms with van der Waals surface area (Å²) in [4.78, 5) is 10.9. The van der Waals surface area contributed by atoms with Crippen LogP contribution in [0.4, 0.5) is 17.5 Å². The second-order valence-corrected chi connectivity index (χ2v) is 5.73. The number of hydrogen-bond acceptors (Lipinski definition) is 6. The van der Waals surface area contributed by atoms with Gasteiger partial charge in [-0.2, -0.15) is 10.1 Å². The van der Waals surface area contributed by atoms with E-state index >= 15 is 0 Å². The maximum Gasteiger partial charge on any atom is 0.244 e. The van der Waals surface area contributed by atoms with Crippen molar-refractivity contribution in [2.45, 2.75) is 19.4 Å². The van der Waals surface area contributed by atoms with Crippen molar-refractivity contribution in [2.75, 3.05) is 16.8 Å². The van der Waals surface area contributed by atoms with Crippen molar-refractivity contribution in [3.63, 3.8) is 0 Å². The Kier molecular flexibility index (Phi) is 4.02. The quantitative estimate of drug-likeness (QED) is 0.798. The van der Waals surface area contributed by atoms with Crippen LogP contribution < -0.4 is 10.2 Å². The van der Waals surface area contributed by atoms with Crippen molar-refractivity contribution in [1.29, 1.82) is 0 Å². The van der Waals surface area contributed by atoms with Crippen LogP contribution in [0, 0.1) is 0 Å². The van der Waals surface area contributed by atoms with Crippen LogP contribution in [0.5, 0.6) is 0 Å². The van der Waals surface area contributed by atoms with E-state index in [0.29, 0.717) is 12.5 Å². The summed E-state index contributed by atoms with van der Waals surface area (Å²) in [6.45, 7) is 1.59. The van der Waals surface area contributed by atoms with Gasteiger partial charge in [-0.05, 0) is 42.2 Å². The molecule has 6 heteroatoms. The fraction of sp³-hybridized carbons (Fsp3) is 0.222. The average Bonchev–Trinajstić information content (AvgIpc) is 2.67. The number of anilines is 3. The van der Waals surface area contributed by atoms with Gasteiger partial charge in [0.15, 0.2) is 5.82 Å². The lowest BCUT2D eigenvalue weighted by atomic mass is 10.0. The Labute approximate surface area is 140 Å². The highest BCUT2D eigenvalue weighted by Crippen LogP contribution is 2.31. The van der Waals surface area contributed by atoms with E-state index in [4.69, 9.17) is 0 Å². The van der Waals surface area contributed by atoms with E-state index in [2.05, 4.69) is 54.6 Å². The smallest absolute Gasteiger partial charge is 0.244 e. The first-order valence-corrected chi connectivity index (χ1v) is 8.08. The molecule has 1 aliphatic rings. The highest BCUT2D eigenvalue weighted by atomic mass is 15.3. The van der Waals surface area contributed by atoms with Gasteiger partial charge in [-0.3, -0.25) is 4.98 Å². The zero-order valence-corrected chi connectivity index (χ0v) is 13.3. The number of para-hydroxylation sites is 1. The molecule has 120 valence electrons. The van der Waals surface area contributed by atoms with Gasteiger partial charge in [0.05, 0.1) is 6.20 Å². The van der Waals surface area contributed by atoms with Crippen molar-refractivity contribution < 1.29 is 0 Å². The summed E-state index contributed by atoms with van der Waals surface area (Å²) in [7, 11) is 0. The fourth-order valence-corrected chi connectivity index (χ4v) is 2.95. The van der Waals surface area contributed by atoms with Gasteiger partial charge < -0.3 is 10.2 Å². The molecule has 1 aliphatic heterocycles.